The van der Waals surface area contributed by atoms with Crippen molar-refractivity contribution >= 4 is 11.6 Å². The Kier molecular flexibility index (Phi) is 4.32. The van der Waals surface area contributed by atoms with Crippen molar-refractivity contribution in [2.24, 2.45) is 0 Å². The summed E-state index contributed by atoms with van der Waals surface area (Å²) in [6, 6.07) is 4.56. The van der Waals surface area contributed by atoms with E-state index in [4.69, 9.17) is 16.3 Å². The molecule has 1 aromatic carbocycles. The summed E-state index contributed by atoms with van der Waals surface area (Å²) in [5, 5.41) is 0.394. The number of aryl methyl sites for hydroxylation is 1. The number of aromatic nitrogens is 2. The quantitative estimate of drug-likeness (QED) is 0.782. The summed E-state index contributed by atoms with van der Waals surface area (Å²) in [6.45, 7) is 3.72. The second kappa shape index (κ2) is 5.97. The first-order valence-corrected chi connectivity index (χ1v) is 6.43. The molecule has 0 atom stereocenters. The van der Waals surface area contributed by atoms with Gasteiger partial charge in [0.25, 0.3) is 0 Å². The molecule has 2 aromatic rings. The van der Waals surface area contributed by atoms with Crippen molar-refractivity contribution in [2.45, 2.75) is 26.7 Å². The number of hydrogen-bond donors (Lipinski definition) is 0. The van der Waals surface area contributed by atoms with Gasteiger partial charge in [0.1, 0.15) is 23.0 Å². The maximum atomic E-state index is 13.2. The van der Waals surface area contributed by atoms with Crippen LogP contribution in [0.4, 0.5) is 4.39 Å². The molecule has 0 fully saturated rings. The van der Waals surface area contributed by atoms with Crippen LogP contribution >= 0.6 is 11.6 Å². The van der Waals surface area contributed by atoms with Crippen LogP contribution in [0.15, 0.2) is 24.5 Å². The minimum absolute atomic E-state index is 0.262. The molecule has 0 unspecified atom stereocenters. The van der Waals surface area contributed by atoms with Crippen molar-refractivity contribution in [1.82, 2.24) is 9.97 Å². The normalized spacial score (nSPS) is 10.5. The van der Waals surface area contributed by atoms with Gasteiger partial charge in [0.2, 0.25) is 5.88 Å². The number of rotatable bonds is 4. The van der Waals surface area contributed by atoms with E-state index >= 15 is 0 Å². The predicted octanol–water partition coefficient (Wildman–Crippen LogP) is 4.32. The van der Waals surface area contributed by atoms with E-state index in [1.807, 2.05) is 6.92 Å². The lowest BCUT2D eigenvalue weighted by Crippen LogP contribution is -1.98. The van der Waals surface area contributed by atoms with Crippen LogP contribution in [0.25, 0.3) is 0 Å². The van der Waals surface area contributed by atoms with Crippen molar-refractivity contribution in [3.8, 4) is 11.6 Å². The third-order valence-electron chi connectivity index (χ3n) is 2.70. The zero-order valence-electron chi connectivity index (χ0n) is 10.8. The van der Waals surface area contributed by atoms with E-state index < -0.39 is 0 Å². The molecule has 0 N–H and O–H groups in total. The topological polar surface area (TPSA) is 35.0 Å². The monoisotopic (exact) mass is 280 g/mol. The summed E-state index contributed by atoms with van der Waals surface area (Å²) in [5.41, 5.74) is 1.29. The van der Waals surface area contributed by atoms with Gasteiger partial charge in [-0.25, -0.2) is 14.4 Å². The van der Waals surface area contributed by atoms with Gasteiger partial charge in [-0.05, 0) is 37.1 Å². The lowest BCUT2D eigenvalue weighted by Gasteiger charge is -2.10. The zero-order chi connectivity index (χ0) is 13.8. The van der Waals surface area contributed by atoms with Crippen molar-refractivity contribution in [1.29, 1.82) is 0 Å². The third kappa shape index (κ3) is 3.20. The molecule has 3 nitrogen and oxygen atoms in total. The Bertz CT molecular complexity index is 590. The van der Waals surface area contributed by atoms with Gasteiger partial charge in [0, 0.05) is 0 Å². The van der Waals surface area contributed by atoms with Gasteiger partial charge < -0.3 is 4.74 Å². The molecule has 1 heterocycles. The van der Waals surface area contributed by atoms with Crippen LogP contribution in [0.5, 0.6) is 11.6 Å². The third-order valence-corrected chi connectivity index (χ3v) is 3.02. The Morgan fingerprint density at radius 3 is 2.79 bits per heavy atom. The van der Waals surface area contributed by atoms with Crippen LogP contribution in [0.1, 0.15) is 24.5 Å². The molecule has 0 aliphatic heterocycles. The predicted molar refractivity (Wildman–Crippen MR) is 72.2 cm³/mol. The largest absolute Gasteiger partial charge is 0.439 e. The fraction of sp³-hybridized carbons (Fsp3) is 0.286. The summed E-state index contributed by atoms with van der Waals surface area (Å²) in [6.07, 6.45) is 2.99. The van der Waals surface area contributed by atoms with Gasteiger partial charge in [-0.1, -0.05) is 24.9 Å². The van der Waals surface area contributed by atoms with E-state index in [0.29, 0.717) is 22.3 Å². The number of halogens is 2. The number of hydrogen-bond acceptors (Lipinski definition) is 3. The van der Waals surface area contributed by atoms with Crippen LogP contribution in [-0.4, -0.2) is 9.97 Å². The highest BCUT2D eigenvalue weighted by Gasteiger charge is 2.11. The van der Waals surface area contributed by atoms with E-state index in [-0.39, 0.29) is 5.82 Å². The Hall–Kier alpha value is -1.68. The van der Waals surface area contributed by atoms with Crippen LogP contribution in [-0.2, 0) is 6.42 Å². The fourth-order valence-corrected chi connectivity index (χ4v) is 1.94. The van der Waals surface area contributed by atoms with Gasteiger partial charge in [-0.2, -0.15) is 0 Å². The molecular weight excluding hydrogens is 267 g/mol. The summed E-state index contributed by atoms with van der Waals surface area (Å²) >= 11 is 6.04. The second-order valence-electron chi connectivity index (χ2n) is 4.21. The fourth-order valence-electron chi connectivity index (χ4n) is 1.72. The van der Waals surface area contributed by atoms with E-state index in [1.54, 1.807) is 19.1 Å². The lowest BCUT2D eigenvalue weighted by molar-refractivity contribution is 0.451. The smallest absolute Gasteiger partial charge is 0.227 e. The number of ether oxygens (including phenoxy) is 1. The van der Waals surface area contributed by atoms with Crippen molar-refractivity contribution in [3.05, 3.63) is 46.6 Å². The van der Waals surface area contributed by atoms with Crippen molar-refractivity contribution in [3.63, 3.8) is 0 Å². The SMILES string of the molecule is CCCc1c(Cl)ncnc1Oc1ccc(F)c(C)c1. The molecule has 100 valence electrons. The van der Waals surface area contributed by atoms with E-state index in [9.17, 15) is 4.39 Å². The van der Waals surface area contributed by atoms with E-state index in [1.165, 1.54) is 12.4 Å². The zero-order valence-corrected chi connectivity index (χ0v) is 11.5. The van der Waals surface area contributed by atoms with Gasteiger partial charge in [-0.3, -0.25) is 0 Å². The van der Waals surface area contributed by atoms with Crippen LogP contribution in [0.3, 0.4) is 0 Å². The van der Waals surface area contributed by atoms with Crippen LogP contribution in [0.2, 0.25) is 5.15 Å². The Balaban J connectivity index is 2.32. The Morgan fingerprint density at radius 1 is 1.32 bits per heavy atom. The molecule has 0 saturated carbocycles. The molecule has 0 aliphatic rings. The molecule has 2 rings (SSSR count). The lowest BCUT2D eigenvalue weighted by atomic mass is 10.2. The molecule has 0 spiro atoms. The first-order valence-electron chi connectivity index (χ1n) is 6.05. The van der Waals surface area contributed by atoms with Gasteiger partial charge in [0.15, 0.2) is 0 Å². The Labute approximate surface area is 116 Å². The first kappa shape index (κ1) is 13.7. The van der Waals surface area contributed by atoms with Crippen LogP contribution in [0, 0.1) is 12.7 Å². The highest BCUT2D eigenvalue weighted by molar-refractivity contribution is 6.30. The number of nitrogens with zero attached hydrogens (tertiary/aromatic N) is 2. The molecule has 0 radical (unpaired) electrons. The second-order valence-corrected chi connectivity index (χ2v) is 4.57. The summed E-state index contributed by atoms with van der Waals surface area (Å²) in [7, 11) is 0. The maximum Gasteiger partial charge on any atom is 0.227 e. The van der Waals surface area contributed by atoms with Crippen molar-refractivity contribution < 1.29 is 9.13 Å². The summed E-state index contributed by atoms with van der Waals surface area (Å²) in [4.78, 5) is 8.04. The highest BCUT2D eigenvalue weighted by Crippen LogP contribution is 2.28. The summed E-state index contributed by atoms with van der Waals surface area (Å²) < 4.78 is 18.9. The maximum absolute atomic E-state index is 13.2. The molecule has 0 aliphatic carbocycles. The molecule has 1 aromatic heterocycles. The Morgan fingerprint density at radius 2 is 2.11 bits per heavy atom. The minimum Gasteiger partial charge on any atom is -0.439 e. The van der Waals surface area contributed by atoms with Gasteiger partial charge in [0.05, 0.1) is 5.56 Å². The van der Waals surface area contributed by atoms with Gasteiger partial charge in [-0.15, -0.1) is 0 Å². The van der Waals surface area contributed by atoms with E-state index in [0.717, 1.165) is 18.4 Å². The van der Waals surface area contributed by atoms with Gasteiger partial charge >= 0.3 is 0 Å². The average molecular weight is 281 g/mol. The van der Waals surface area contributed by atoms with Crippen molar-refractivity contribution in [2.75, 3.05) is 0 Å². The molecule has 19 heavy (non-hydrogen) atoms. The molecule has 0 bridgehead atoms. The standard InChI is InChI=1S/C14H14ClFN2O/c1-3-4-11-13(15)17-8-18-14(11)19-10-5-6-12(16)9(2)7-10/h5-8H,3-4H2,1-2H3. The molecule has 5 heteroatoms. The highest BCUT2D eigenvalue weighted by atomic mass is 35.5. The number of benzene rings is 1. The molecule has 0 amide bonds. The minimum atomic E-state index is -0.262. The molecule has 0 saturated heterocycles. The van der Waals surface area contributed by atoms with Crippen LogP contribution < -0.4 is 4.74 Å². The first-order chi connectivity index (χ1) is 9.11. The summed E-state index contributed by atoms with van der Waals surface area (Å²) in [5.74, 6) is 0.695. The van der Waals surface area contributed by atoms with E-state index in [2.05, 4.69) is 9.97 Å². The molecular formula is C14H14ClFN2O. The average Bonchev–Trinajstić information content (AvgIpc) is 2.38.